The number of imide groups is 1. The number of rotatable bonds is 3. The van der Waals surface area contributed by atoms with Crippen LogP contribution in [0, 0.1) is 5.92 Å². The summed E-state index contributed by atoms with van der Waals surface area (Å²) in [7, 11) is 0. The maximum atomic E-state index is 11.8. The van der Waals surface area contributed by atoms with Gasteiger partial charge in [-0.2, -0.15) is 0 Å². The lowest BCUT2D eigenvalue weighted by Crippen LogP contribution is -2.58. The molecule has 1 aliphatic carbocycles. The number of nitrogens with one attached hydrogen (secondary N) is 2. The van der Waals surface area contributed by atoms with Gasteiger partial charge in [0, 0.05) is 0 Å². The minimum atomic E-state index is -1.10. The average molecular weight is 255 g/mol. The Labute approximate surface area is 102 Å². The maximum Gasteiger partial charge on any atom is 0.326 e. The molecule has 8 nitrogen and oxygen atoms in total. The first kappa shape index (κ1) is 12.3. The number of carbonyl (C=O) groups is 4. The summed E-state index contributed by atoms with van der Waals surface area (Å²) in [5.74, 6) is -2.29. The molecule has 1 heterocycles. The Balaban J connectivity index is 1.95. The number of piperazine rings is 1. The van der Waals surface area contributed by atoms with Crippen molar-refractivity contribution in [2.75, 3.05) is 13.1 Å². The Kier molecular flexibility index (Phi) is 3.17. The summed E-state index contributed by atoms with van der Waals surface area (Å²) in [5, 5.41) is 13.4. The molecule has 0 bridgehead atoms. The molecule has 0 radical (unpaired) electrons. The predicted octanol–water partition coefficient (Wildman–Crippen LogP) is -1.48. The van der Waals surface area contributed by atoms with E-state index >= 15 is 0 Å². The van der Waals surface area contributed by atoms with Crippen molar-refractivity contribution >= 4 is 23.8 Å². The number of aliphatic carboxylic acids is 1. The summed E-state index contributed by atoms with van der Waals surface area (Å²) in [4.78, 5) is 45.9. The highest BCUT2D eigenvalue weighted by Crippen LogP contribution is 2.32. The van der Waals surface area contributed by atoms with Gasteiger partial charge in [0.15, 0.2) is 0 Å². The molecule has 0 aromatic heterocycles. The fourth-order valence-corrected chi connectivity index (χ4v) is 1.82. The lowest BCUT2D eigenvalue weighted by molar-refractivity contribution is -0.139. The van der Waals surface area contributed by atoms with E-state index in [1.807, 2.05) is 0 Å². The third kappa shape index (κ3) is 2.76. The van der Waals surface area contributed by atoms with Crippen molar-refractivity contribution in [2.45, 2.75) is 18.9 Å². The molecular weight excluding hydrogens is 242 g/mol. The zero-order valence-corrected chi connectivity index (χ0v) is 9.51. The quantitative estimate of drug-likeness (QED) is 0.532. The van der Waals surface area contributed by atoms with E-state index in [9.17, 15) is 19.2 Å². The highest BCUT2D eigenvalue weighted by atomic mass is 16.4. The van der Waals surface area contributed by atoms with Crippen molar-refractivity contribution in [3.8, 4) is 0 Å². The normalized spacial score (nSPS) is 21.2. The molecule has 0 spiro atoms. The number of carboxylic acid groups (broad SMARTS) is 1. The van der Waals surface area contributed by atoms with Crippen LogP contribution in [0.3, 0.4) is 0 Å². The van der Waals surface area contributed by atoms with Crippen molar-refractivity contribution in [1.82, 2.24) is 15.5 Å². The Hall–Kier alpha value is -2.12. The van der Waals surface area contributed by atoms with Crippen LogP contribution in [0.25, 0.3) is 0 Å². The zero-order chi connectivity index (χ0) is 13.3. The minimum Gasteiger partial charge on any atom is -0.480 e. The van der Waals surface area contributed by atoms with Gasteiger partial charge in [-0.15, -0.1) is 0 Å². The van der Waals surface area contributed by atoms with Crippen LogP contribution in [0.2, 0.25) is 0 Å². The molecule has 8 heteroatoms. The van der Waals surface area contributed by atoms with E-state index in [2.05, 4.69) is 10.6 Å². The van der Waals surface area contributed by atoms with Gasteiger partial charge in [0.05, 0.1) is 0 Å². The molecule has 1 aliphatic heterocycles. The molecule has 0 aromatic rings. The molecule has 98 valence electrons. The summed E-state index contributed by atoms with van der Waals surface area (Å²) >= 11 is 0. The van der Waals surface area contributed by atoms with E-state index in [1.54, 1.807) is 0 Å². The van der Waals surface area contributed by atoms with Gasteiger partial charge in [-0.3, -0.25) is 14.9 Å². The Morgan fingerprint density at radius 2 is 1.83 bits per heavy atom. The molecule has 1 unspecified atom stereocenters. The van der Waals surface area contributed by atoms with Gasteiger partial charge in [-0.1, -0.05) is 0 Å². The SMILES string of the molecule is O=C1CN(C(=O)NC(C(=O)O)C2CC2)CC(=O)N1. The molecule has 1 saturated heterocycles. The maximum absolute atomic E-state index is 11.8. The number of urea groups is 1. The smallest absolute Gasteiger partial charge is 0.326 e. The highest BCUT2D eigenvalue weighted by Gasteiger charge is 2.38. The van der Waals surface area contributed by atoms with Gasteiger partial charge in [-0.05, 0) is 18.8 Å². The predicted molar refractivity (Wildman–Crippen MR) is 57.4 cm³/mol. The van der Waals surface area contributed by atoms with Crippen LogP contribution in [0.15, 0.2) is 0 Å². The first-order chi connectivity index (χ1) is 8.47. The molecule has 0 aromatic carbocycles. The van der Waals surface area contributed by atoms with Crippen LogP contribution in [-0.2, 0) is 14.4 Å². The van der Waals surface area contributed by atoms with Crippen LogP contribution >= 0.6 is 0 Å². The Morgan fingerprint density at radius 3 is 2.28 bits per heavy atom. The number of hydrogen-bond acceptors (Lipinski definition) is 4. The third-order valence-corrected chi connectivity index (χ3v) is 2.87. The van der Waals surface area contributed by atoms with E-state index in [0.717, 1.165) is 17.7 Å². The van der Waals surface area contributed by atoms with Crippen molar-refractivity contribution in [1.29, 1.82) is 0 Å². The first-order valence-electron chi connectivity index (χ1n) is 5.58. The van der Waals surface area contributed by atoms with Gasteiger partial charge >= 0.3 is 12.0 Å². The van der Waals surface area contributed by atoms with E-state index in [-0.39, 0.29) is 19.0 Å². The van der Waals surface area contributed by atoms with Gasteiger partial charge in [-0.25, -0.2) is 9.59 Å². The Bertz CT molecular complexity index is 402. The molecule has 3 N–H and O–H groups in total. The van der Waals surface area contributed by atoms with Crippen LogP contribution in [-0.4, -0.2) is 53.0 Å². The monoisotopic (exact) mass is 255 g/mol. The highest BCUT2D eigenvalue weighted by molar-refractivity contribution is 6.02. The minimum absolute atomic E-state index is 0.0548. The molecule has 2 aliphatic rings. The topological polar surface area (TPSA) is 116 Å². The summed E-state index contributed by atoms with van der Waals surface area (Å²) in [6.07, 6.45) is 1.52. The second kappa shape index (κ2) is 4.63. The van der Waals surface area contributed by atoms with Gasteiger partial charge < -0.3 is 15.3 Å². The zero-order valence-electron chi connectivity index (χ0n) is 9.51. The van der Waals surface area contributed by atoms with E-state index < -0.39 is 29.9 Å². The fraction of sp³-hybridized carbons (Fsp3) is 0.600. The van der Waals surface area contributed by atoms with Gasteiger partial charge in [0.25, 0.3) is 0 Å². The number of hydrogen-bond donors (Lipinski definition) is 3. The van der Waals surface area contributed by atoms with Crippen LogP contribution in [0.4, 0.5) is 4.79 Å². The largest absolute Gasteiger partial charge is 0.480 e. The van der Waals surface area contributed by atoms with Crippen molar-refractivity contribution in [3.63, 3.8) is 0 Å². The third-order valence-electron chi connectivity index (χ3n) is 2.87. The summed E-state index contributed by atoms with van der Waals surface area (Å²) in [6.45, 7) is -0.483. The standard InChI is InChI=1S/C10H13N3O5/c14-6-3-13(4-7(15)11-6)10(18)12-8(9(16)17)5-1-2-5/h5,8H,1-4H2,(H,12,18)(H,16,17)(H,11,14,15). The van der Waals surface area contributed by atoms with E-state index in [0.29, 0.717) is 0 Å². The summed E-state index contributed by atoms with van der Waals surface area (Å²) < 4.78 is 0. The van der Waals surface area contributed by atoms with Crippen molar-refractivity contribution in [2.24, 2.45) is 5.92 Å². The summed E-state index contributed by atoms with van der Waals surface area (Å²) in [6, 6.07) is -1.64. The number of carboxylic acids is 1. The number of carbonyl (C=O) groups excluding carboxylic acids is 3. The number of amides is 4. The van der Waals surface area contributed by atoms with Crippen LogP contribution < -0.4 is 10.6 Å². The lowest BCUT2D eigenvalue weighted by atomic mass is 10.2. The molecular formula is C10H13N3O5. The molecule has 4 amide bonds. The molecule has 1 saturated carbocycles. The second-order valence-electron chi connectivity index (χ2n) is 4.43. The lowest BCUT2D eigenvalue weighted by Gasteiger charge is -2.27. The molecule has 1 atom stereocenters. The van der Waals surface area contributed by atoms with Gasteiger partial charge in [0.1, 0.15) is 19.1 Å². The number of nitrogens with zero attached hydrogens (tertiary/aromatic N) is 1. The summed E-state index contributed by atoms with van der Waals surface area (Å²) in [5.41, 5.74) is 0. The van der Waals surface area contributed by atoms with Gasteiger partial charge in [0.2, 0.25) is 11.8 Å². The molecule has 2 fully saturated rings. The van der Waals surface area contributed by atoms with Crippen LogP contribution in [0.1, 0.15) is 12.8 Å². The fourth-order valence-electron chi connectivity index (χ4n) is 1.82. The average Bonchev–Trinajstić information content (AvgIpc) is 3.07. The molecule has 18 heavy (non-hydrogen) atoms. The van der Waals surface area contributed by atoms with E-state index in [4.69, 9.17) is 5.11 Å². The van der Waals surface area contributed by atoms with Crippen LogP contribution in [0.5, 0.6) is 0 Å². The second-order valence-corrected chi connectivity index (χ2v) is 4.43. The molecule has 2 rings (SSSR count). The first-order valence-corrected chi connectivity index (χ1v) is 5.58. The van der Waals surface area contributed by atoms with Crippen molar-refractivity contribution in [3.05, 3.63) is 0 Å². The van der Waals surface area contributed by atoms with E-state index in [1.165, 1.54) is 0 Å². The Morgan fingerprint density at radius 1 is 1.28 bits per heavy atom. The van der Waals surface area contributed by atoms with Crippen molar-refractivity contribution < 1.29 is 24.3 Å².